The van der Waals surface area contributed by atoms with E-state index >= 15 is 0 Å². The lowest BCUT2D eigenvalue weighted by Gasteiger charge is -2.02. The highest BCUT2D eigenvalue weighted by molar-refractivity contribution is 9.10. The van der Waals surface area contributed by atoms with E-state index in [1.165, 1.54) is 25.1 Å². The highest BCUT2D eigenvalue weighted by atomic mass is 79.9. The number of aromatic hydroxyl groups is 1. The molecule has 3 rings (SSSR count). The molecule has 0 aliphatic carbocycles. The number of halogens is 1. The summed E-state index contributed by atoms with van der Waals surface area (Å²) in [4.78, 5) is 35.1. The molecule has 0 fully saturated rings. The van der Waals surface area contributed by atoms with Gasteiger partial charge in [-0.15, -0.1) is 0 Å². The summed E-state index contributed by atoms with van der Waals surface area (Å²) in [6.45, 7) is 1.27. The summed E-state index contributed by atoms with van der Waals surface area (Å²) in [7, 11) is 0. The maximum atomic E-state index is 12.9. The van der Waals surface area contributed by atoms with Crippen LogP contribution in [-0.2, 0) is 0 Å². The van der Waals surface area contributed by atoms with Gasteiger partial charge in [0.2, 0.25) is 11.8 Å². The fraction of sp³-hybridized carbons (Fsp3) is 0.0588. The zero-order chi connectivity index (χ0) is 18.3. The van der Waals surface area contributed by atoms with Crippen molar-refractivity contribution < 1.29 is 19.6 Å². The highest BCUT2D eigenvalue weighted by Crippen LogP contribution is 2.35. The van der Waals surface area contributed by atoms with Crippen molar-refractivity contribution in [3.63, 3.8) is 0 Å². The first kappa shape index (κ1) is 16.8. The molecule has 2 aromatic carbocycles. The molecule has 0 aliphatic rings. The number of benzene rings is 2. The van der Waals surface area contributed by atoms with Crippen LogP contribution in [0.4, 0.5) is 5.69 Å². The number of carbonyl (C=O) groups excluding carboxylic acids is 2. The lowest BCUT2D eigenvalue weighted by Crippen LogP contribution is -2.06. The fourth-order valence-corrected chi connectivity index (χ4v) is 3.06. The number of nitro benzene ring substituents is 1. The highest BCUT2D eigenvalue weighted by Gasteiger charge is 2.26. The van der Waals surface area contributed by atoms with Crippen molar-refractivity contribution in [2.75, 3.05) is 0 Å². The van der Waals surface area contributed by atoms with Crippen molar-refractivity contribution in [2.24, 2.45) is 0 Å². The molecule has 0 spiro atoms. The maximum absolute atomic E-state index is 12.9. The number of nitro groups is 1. The number of fused-ring (bicyclic) bond motifs is 1. The average Bonchev–Trinajstić information content (AvgIpc) is 2.85. The summed E-state index contributed by atoms with van der Waals surface area (Å²) in [5.74, 6) is -1.55. The van der Waals surface area contributed by atoms with Gasteiger partial charge in [-0.3, -0.25) is 24.3 Å². The Labute approximate surface area is 149 Å². The maximum Gasteiger partial charge on any atom is 0.270 e. The van der Waals surface area contributed by atoms with Gasteiger partial charge in [0.05, 0.1) is 16.0 Å². The predicted molar refractivity (Wildman–Crippen MR) is 94.1 cm³/mol. The molecular formula is C17H11BrN2O5. The molecule has 126 valence electrons. The lowest BCUT2D eigenvalue weighted by atomic mass is 10.0. The van der Waals surface area contributed by atoms with Crippen molar-refractivity contribution in [3.8, 4) is 5.88 Å². The lowest BCUT2D eigenvalue weighted by molar-refractivity contribution is -0.384. The van der Waals surface area contributed by atoms with Crippen molar-refractivity contribution >= 4 is 44.2 Å². The summed E-state index contributed by atoms with van der Waals surface area (Å²) < 4.78 is 1.70. The van der Waals surface area contributed by atoms with Crippen LogP contribution in [0.5, 0.6) is 5.88 Å². The van der Waals surface area contributed by atoms with E-state index in [0.717, 1.165) is 10.6 Å². The number of ketones is 1. The molecule has 3 aromatic rings. The number of hydrogen-bond donors (Lipinski definition) is 1. The van der Waals surface area contributed by atoms with Crippen LogP contribution in [-0.4, -0.2) is 26.3 Å². The molecule has 0 amide bonds. The van der Waals surface area contributed by atoms with Gasteiger partial charge < -0.3 is 5.11 Å². The van der Waals surface area contributed by atoms with E-state index in [-0.39, 0.29) is 16.8 Å². The van der Waals surface area contributed by atoms with E-state index in [1.54, 1.807) is 18.2 Å². The Morgan fingerprint density at radius 3 is 2.56 bits per heavy atom. The number of rotatable bonds is 3. The zero-order valence-corrected chi connectivity index (χ0v) is 14.5. The second-order valence-electron chi connectivity index (χ2n) is 5.35. The first-order valence-corrected chi connectivity index (χ1v) is 7.93. The molecule has 1 heterocycles. The molecule has 8 heteroatoms. The number of aromatic nitrogens is 1. The Kier molecular flexibility index (Phi) is 4.13. The van der Waals surface area contributed by atoms with Gasteiger partial charge in [0.1, 0.15) is 0 Å². The third-order valence-corrected chi connectivity index (χ3v) is 4.26. The van der Waals surface area contributed by atoms with Crippen LogP contribution in [0.15, 0.2) is 46.9 Å². The SMILES string of the molecule is CC(=O)n1c(O)c(C(=O)c2cccc([N+](=O)[O-])c2)c2cc(Br)ccc21. The molecule has 0 bridgehead atoms. The molecule has 0 aliphatic heterocycles. The van der Waals surface area contributed by atoms with Gasteiger partial charge in [-0.1, -0.05) is 28.1 Å². The topological polar surface area (TPSA) is 102 Å². The van der Waals surface area contributed by atoms with Crippen LogP contribution in [0, 0.1) is 10.1 Å². The zero-order valence-electron chi connectivity index (χ0n) is 12.9. The van der Waals surface area contributed by atoms with Gasteiger partial charge in [-0.05, 0) is 18.2 Å². The summed E-state index contributed by atoms with van der Waals surface area (Å²) in [6, 6.07) is 10.1. The molecule has 7 nitrogen and oxygen atoms in total. The molecule has 1 aromatic heterocycles. The van der Waals surface area contributed by atoms with Gasteiger partial charge in [-0.2, -0.15) is 0 Å². The molecule has 0 saturated carbocycles. The van der Waals surface area contributed by atoms with E-state index in [4.69, 9.17) is 0 Å². The normalized spacial score (nSPS) is 10.8. The minimum atomic E-state index is -0.607. The fourth-order valence-electron chi connectivity index (χ4n) is 2.70. The Bertz CT molecular complexity index is 1050. The van der Waals surface area contributed by atoms with Crippen molar-refractivity contribution in [1.29, 1.82) is 0 Å². The molecule has 0 atom stereocenters. The standard InChI is InChI=1S/C17H11BrN2O5/c1-9(21)19-14-6-5-11(18)8-13(14)15(17(19)23)16(22)10-3-2-4-12(7-10)20(24)25/h2-8,23H,1H3. The average molecular weight is 403 g/mol. The van der Waals surface area contributed by atoms with Crippen molar-refractivity contribution in [2.45, 2.75) is 6.92 Å². The second-order valence-corrected chi connectivity index (χ2v) is 6.27. The number of hydrogen-bond acceptors (Lipinski definition) is 5. The number of nitrogens with zero attached hydrogens (tertiary/aromatic N) is 2. The molecule has 0 unspecified atom stereocenters. The molecule has 1 N–H and O–H groups in total. The van der Waals surface area contributed by atoms with Crippen molar-refractivity contribution in [1.82, 2.24) is 4.57 Å². The van der Waals surface area contributed by atoms with Crippen LogP contribution in [0.3, 0.4) is 0 Å². The summed E-state index contributed by atoms with van der Waals surface area (Å²) >= 11 is 3.30. The molecule has 0 radical (unpaired) electrons. The van der Waals surface area contributed by atoms with Crippen LogP contribution >= 0.6 is 15.9 Å². The largest absolute Gasteiger partial charge is 0.494 e. The van der Waals surface area contributed by atoms with Crippen LogP contribution in [0.2, 0.25) is 0 Å². The van der Waals surface area contributed by atoms with Gasteiger partial charge >= 0.3 is 0 Å². The Morgan fingerprint density at radius 2 is 1.92 bits per heavy atom. The number of non-ortho nitro benzene ring substituents is 1. The Hall–Kier alpha value is -3.00. The van der Waals surface area contributed by atoms with E-state index in [1.807, 2.05) is 0 Å². The van der Waals surface area contributed by atoms with Gasteiger partial charge in [0.15, 0.2) is 5.78 Å². The summed E-state index contributed by atoms with van der Waals surface area (Å²) in [5.41, 5.74) is 0.114. The second kappa shape index (κ2) is 6.14. The Balaban J connectivity index is 2.28. The minimum absolute atomic E-state index is 0.0482. The quantitative estimate of drug-likeness (QED) is 0.406. The molecule has 0 saturated heterocycles. The van der Waals surface area contributed by atoms with E-state index in [2.05, 4.69) is 15.9 Å². The molecule has 25 heavy (non-hydrogen) atoms. The van der Waals surface area contributed by atoms with Gasteiger partial charge in [0.25, 0.3) is 5.69 Å². The van der Waals surface area contributed by atoms with E-state index in [0.29, 0.717) is 15.4 Å². The smallest absolute Gasteiger partial charge is 0.270 e. The van der Waals surface area contributed by atoms with Crippen LogP contribution in [0.1, 0.15) is 27.6 Å². The first-order valence-electron chi connectivity index (χ1n) is 7.14. The van der Waals surface area contributed by atoms with Crippen molar-refractivity contribution in [3.05, 3.63) is 68.2 Å². The predicted octanol–water partition coefficient (Wildman–Crippen LogP) is 3.91. The minimum Gasteiger partial charge on any atom is -0.494 e. The Morgan fingerprint density at radius 1 is 1.20 bits per heavy atom. The number of carbonyl (C=O) groups is 2. The monoisotopic (exact) mass is 402 g/mol. The summed E-state index contributed by atoms with van der Waals surface area (Å²) in [6.07, 6.45) is 0. The molecular weight excluding hydrogens is 392 g/mol. The summed E-state index contributed by atoms with van der Waals surface area (Å²) in [5, 5.41) is 21.7. The van der Waals surface area contributed by atoms with E-state index in [9.17, 15) is 24.8 Å². The third-order valence-electron chi connectivity index (χ3n) is 3.77. The van der Waals surface area contributed by atoms with Gasteiger partial charge in [0, 0.05) is 34.5 Å². The van der Waals surface area contributed by atoms with E-state index < -0.39 is 22.5 Å². The van der Waals surface area contributed by atoms with Gasteiger partial charge in [-0.25, -0.2) is 0 Å². The van der Waals surface area contributed by atoms with Crippen LogP contribution < -0.4 is 0 Å². The first-order chi connectivity index (χ1) is 11.8. The third kappa shape index (κ3) is 2.80. The van der Waals surface area contributed by atoms with Crippen LogP contribution in [0.25, 0.3) is 10.9 Å².